The summed E-state index contributed by atoms with van der Waals surface area (Å²) in [5.41, 5.74) is 4.93. The number of benzene rings is 2. The number of ether oxygens (including phenoxy) is 1. The van der Waals surface area contributed by atoms with E-state index < -0.39 is 0 Å². The van der Waals surface area contributed by atoms with Gasteiger partial charge in [-0.3, -0.25) is 9.59 Å². The van der Waals surface area contributed by atoms with E-state index >= 15 is 0 Å². The molecule has 0 radical (unpaired) electrons. The molecule has 3 rings (SSSR count). The third-order valence-electron chi connectivity index (χ3n) is 4.43. The quantitative estimate of drug-likeness (QED) is 0.596. The van der Waals surface area contributed by atoms with Gasteiger partial charge in [-0.15, -0.1) is 0 Å². The third-order valence-corrected chi connectivity index (χ3v) is 4.43. The molecule has 2 aromatic carbocycles. The number of hydrogen-bond donors (Lipinski definition) is 1. The molecule has 1 aliphatic carbocycles. The minimum absolute atomic E-state index is 0. The van der Waals surface area contributed by atoms with Crippen LogP contribution in [0.3, 0.4) is 0 Å². The van der Waals surface area contributed by atoms with Crippen LogP contribution in [0.15, 0.2) is 24.3 Å². The molecule has 1 aliphatic rings. The van der Waals surface area contributed by atoms with E-state index in [1.165, 1.54) is 12.8 Å². The predicted molar refractivity (Wildman–Crippen MR) is 104 cm³/mol. The van der Waals surface area contributed by atoms with E-state index in [0.717, 1.165) is 58.7 Å². The summed E-state index contributed by atoms with van der Waals surface area (Å²) in [5, 5.41) is 9.31. The second-order valence-electron chi connectivity index (χ2n) is 6.98. The molecule has 5 nitrogen and oxygen atoms in total. The SMILES string of the molecule is Cc1cc(C=O)cc(C)c1O.Cc1cc(C=O)cc(C)c1OCC1CC1.[K+].[OH-]. The van der Waals surface area contributed by atoms with Gasteiger partial charge in [0.05, 0.1) is 6.61 Å². The molecule has 0 spiro atoms. The molecule has 146 valence electrons. The fraction of sp³-hybridized carbons (Fsp3) is 0.364. The standard InChI is InChI=1S/C13H16O2.C9H10O2.K.H2O/c1-9-5-12(7-14)6-10(2)13(9)15-8-11-3-4-11;1-6-3-8(5-10)4-7(2)9(6)11;;/h5-7,11H,3-4,8H2,1-2H3;3-5,11H,1-2H3;;1H2/q;;+1;/p-1. The van der Waals surface area contributed by atoms with Gasteiger partial charge in [-0.05, 0) is 93.0 Å². The monoisotopic (exact) mass is 410 g/mol. The molecule has 0 bridgehead atoms. The van der Waals surface area contributed by atoms with Crippen molar-refractivity contribution in [2.75, 3.05) is 6.61 Å². The van der Waals surface area contributed by atoms with Crippen LogP contribution in [0.25, 0.3) is 0 Å². The molecule has 0 aromatic heterocycles. The van der Waals surface area contributed by atoms with Crippen LogP contribution < -0.4 is 56.1 Å². The summed E-state index contributed by atoms with van der Waals surface area (Å²) < 4.78 is 5.78. The van der Waals surface area contributed by atoms with Gasteiger partial charge < -0.3 is 15.3 Å². The van der Waals surface area contributed by atoms with Crippen LogP contribution in [0.2, 0.25) is 0 Å². The maximum Gasteiger partial charge on any atom is 1.00 e. The predicted octanol–water partition coefficient (Wildman–Crippen LogP) is 1.55. The Morgan fingerprint density at radius 3 is 1.64 bits per heavy atom. The number of carbonyl (C=O) groups excluding carboxylic acids is 2. The molecule has 2 N–H and O–H groups in total. The molecular formula is C22H27KO5. The smallest absolute Gasteiger partial charge is 0.870 e. The number of phenolic OH excluding ortho intramolecular Hbond substituents is 1. The van der Waals surface area contributed by atoms with E-state index in [1.807, 2.05) is 26.0 Å². The average Bonchev–Trinajstić information content (AvgIpc) is 3.43. The van der Waals surface area contributed by atoms with Crippen LogP contribution >= 0.6 is 0 Å². The minimum Gasteiger partial charge on any atom is -0.870 e. The molecule has 0 saturated heterocycles. The van der Waals surface area contributed by atoms with Crippen molar-refractivity contribution in [2.24, 2.45) is 5.92 Å². The summed E-state index contributed by atoms with van der Waals surface area (Å²) in [4.78, 5) is 21.0. The Labute approximate surface area is 209 Å². The van der Waals surface area contributed by atoms with Gasteiger partial charge in [0.1, 0.15) is 24.1 Å². The van der Waals surface area contributed by atoms with E-state index in [1.54, 1.807) is 26.0 Å². The van der Waals surface area contributed by atoms with E-state index in [2.05, 4.69) is 0 Å². The fourth-order valence-electron chi connectivity index (χ4n) is 2.82. The third kappa shape index (κ3) is 7.77. The Balaban J connectivity index is 0.000000507. The van der Waals surface area contributed by atoms with Gasteiger partial charge in [0.25, 0.3) is 0 Å². The van der Waals surface area contributed by atoms with Crippen molar-refractivity contribution < 1.29 is 76.3 Å². The summed E-state index contributed by atoms with van der Waals surface area (Å²) in [7, 11) is 0. The molecule has 1 saturated carbocycles. The van der Waals surface area contributed by atoms with E-state index in [9.17, 15) is 14.7 Å². The number of aryl methyl sites for hydroxylation is 4. The second kappa shape index (κ2) is 12.5. The van der Waals surface area contributed by atoms with Gasteiger partial charge in [-0.1, -0.05) is 0 Å². The topological polar surface area (TPSA) is 93.6 Å². The molecule has 0 amide bonds. The van der Waals surface area contributed by atoms with Crippen molar-refractivity contribution in [3.05, 3.63) is 57.6 Å². The maximum absolute atomic E-state index is 10.7. The van der Waals surface area contributed by atoms with Crippen molar-refractivity contribution in [2.45, 2.75) is 40.5 Å². The first kappa shape index (κ1) is 27.0. The molecule has 0 atom stereocenters. The van der Waals surface area contributed by atoms with Crippen LogP contribution in [0.5, 0.6) is 11.5 Å². The summed E-state index contributed by atoms with van der Waals surface area (Å²) in [6, 6.07) is 7.08. The minimum atomic E-state index is 0. The largest absolute Gasteiger partial charge is 1.00 e. The van der Waals surface area contributed by atoms with Crippen LogP contribution in [0.1, 0.15) is 55.8 Å². The Morgan fingerprint density at radius 2 is 1.29 bits per heavy atom. The van der Waals surface area contributed by atoms with Crippen molar-refractivity contribution in [1.82, 2.24) is 0 Å². The zero-order valence-electron chi connectivity index (χ0n) is 17.3. The number of phenols is 1. The van der Waals surface area contributed by atoms with Crippen molar-refractivity contribution in [3.63, 3.8) is 0 Å². The number of rotatable bonds is 5. The van der Waals surface area contributed by atoms with Crippen molar-refractivity contribution in [1.29, 1.82) is 0 Å². The zero-order chi connectivity index (χ0) is 19.3. The molecule has 0 aliphatic heterocycles. The summed E-state index contributed by atoms with van der Waals surface area (Å²) >= 11 is 0. The Bertz CT molecular complexity index is 767. The maximum atomic E-state index is 10.7. The van der Waals surface area contributed by atoms with E-state index in [4.69, 9.17) is 4.74 Å². The Morgan fingerprint density at radius 1 is 0.893 bits per heavy atom. The van der Waals surface area contributed by atoms with Crippen LogP contribution in [-0.4, -0.2) is 29.8 Å². The van der Waals surface area contributed by atoms with Gasteiger partial charge >= 0.3 is 51.4 Å². The average molecular weight is 411 g/mol. The van der Waals surface area contributed by atoms with Crippen molar-refractivity contribution in [3.8, 4) is 11.5 Å². The Kier molecular flexibility index (Phi) is 12.1. The molecule has 6 heteroatoms. The molecule has 2 aromatic rings. The molecule has 0 unspecified atom stereocenters. The molecular weight excluding hydrogens is 383 g/mol. The molecule has 0 heterocycles. The Hall–Kier alpha value is -1.02. The van der Waals surface area contributed by atoms with Gasteiger partial charge in [0, 0.05) is 11.1 Å². The molecule has 28 heavy (non-hydrogen) atoms. The van der Waals surface area contributed by atoms with Crippen molar-refractivity contribution >= 4 is 12.6 Å². The van der Waals surface area contributed by atoms with Gasteiger partial charge in [-0.2, -0.15) is 0 Å². The van der Waals surface area contributed by atoms with Crippen LogP contribution in [0.4, 0.5) is 0 Å². The second-order valence-corrected chi connectivity index (χ2v) is 6.98. The normalized spacial score (nSPS) is 11.9. The number of aldehydes is 2. The van der Waals surface area contributed by atoms with Gasteiger partial charge in [-0.25, -0.2) is 0 Å². The van der Waals surface area contributed by atoms with E-state index in [0.29, 0.717) is 5.56 Å². The first-order valence-corrected chi connectivity index (χ1v) is 8.80. The fourth-order valence-corrected chi connectivity index (χ4v) is 2.82. The number of carbonyl (C=O) groups is 2. The zero-order valence-corrected chi connectivity index (χ0v) is 20.4. The summed E-state index contributed by atoms with van der Waals surface area (Å²) in [5.74, 6) is 1.98. The number of hydrogen-bond acceptors (Lipinski definition) is 5. The van der Waals surface area contributed by atoms with Gasteiger partial charge in [0.15, 0.2) is 0 Å². The molecule has 1 fully saturated rings. The van der Waals surface area contributed by atoms with E-state index in [-0.39, 0.29) is 62.6 Å². The summed E-state index contributed by atoms with van der Waals surface area (Å²) in [6.45, 7) is 8.34. The van der Waals surface area contributed by atoms with Gasteiger partial charge in [0.2, 0.25) is 0 Å². The first-order valence-electron chi connectivity index (χ1n) is 8.80. The first-order chi connectivity index (χ1) is 12.3. The van der Waals surface area contributed by atoms with Crippen LogP contribution in [0, 0.1) is 33.6 Å². The summed E-state index contributed by atoms with van der Waals surface area (Å²) in [6.07, 6.45) is 4.25. The number of aromatic hydroxyl groups is 1. The van der Waals surface area contributed by atoms with Crippen LogP contribution in [-0.2, 0) is 0 Å².